The molecule has 0 spiro atoms. The molecule has 4 saturated carbocycles. The van der Waals surface area contributed by atoms with E-state index >= 15 is 0 Å². The molecule has 5 rings (SSSR count). The third kappa shape index (κ3) is 1.66. The van der Waals surface area contributed by atoms with Crippen LogP contribution in [0.4, 0.5) is 0 Å². The van der Waals surface area contributed by atoms with Gasteiger partial charge in [-0.2, -0.15) is 0 Å². The molecule has 2 nitrogen and oxygen atoms in total. The van der Waals surface area contributed by atoms with E-state index < -0.39 is 5.97 Å². The van der Waals surface area contributed by atoms with Crippen LogP contribution < -0.4 is 5.11 Å². The molecular formula is C18H21O2-. The van der Waals surface area contributed by atoms with E-state index in [2.05, 4.69) is 24.3 Å². The molecule has 2 heteroatoms. The molecule has 4 fully saturated rings. The van der Waals surface area contributed by atoms with Gasteiger partial charge in [0.15, 0.2) is 0 Å². The minimum Gasteiger partial charge on any atom is -0.550 e. The zero-order chi connectivity index (χ0) is 13.7. The highest BCUT2D eigenvalue weighted by Crippen LogP contribution is 2.63. The Labute approximate surface area is 120 Å². The lowest BCUT2D eigenvalue weighted by atomic mass is 9.43. The fraction of sp³-hybridized carbons (Fsp3) is 0.611. The first-order chi connectivity index (χ1) is 9.68. The molecule has 20 heavy (non-hydrogen) atoms. The number of carbonyl (C=O) groups excluding carboxylic acids is 1. The fourth-order valence-electron chi connectivity index (χ4n) is 5.87. The minimum absolute atomic E-state index is 0.145. The van der Waals surface area contributed by atoms with E-state index in [-0.39, 0.29) is 11.8 Å². The molecule has 0 aliphatic heterocycles. The smallest absolute Gasteiger partial charge is 0.0423 e. The Bertz CT molecular complexity index is 491. The van der Waals surface area contributed by atoms with Crippen molar-refractivity contribution >= 4 is 5.97 Å². The maximum absolute atomic E-state index is 11.5. The number of carbonyl (C=O) groups is 1. The standard InChI is InChI=1S/C18H22O2/c19-17(20)11-18(14-4-2-1-3-5-14)15-7-12-6-13(9-15)10-16(18)8-12/h1-5,12-13,15-16H,6-11H2,(H,19,20)/p-1. The molecule has 106 valence electrons. The van der Waals surface area contributed by atoms with Crippen LogP contribution in [0.5, 0.6) is 0 Å². The number of aliphatic carboxylic acids is 1. The summed E-state index contributed by atoms with van der Waals surface area (Å²) in [7, 11) is 0. The third-order valence-electron chi connectivity index (χ3n) is 6.34. The van der Waals surface area contributed by atoms with Gasteiger partial charge in [-0.3, -0.25) is 0 Å². The lowest BCUT2D eigenvalue weighted by Gasteiger charge is -2.62. The zero-order valence-corrected chi connectivity index (χ0v) is 11.8. The Morgan fingerprint density at radius 2 is 1.55 bits per heavy atom. The minimum atomic E-state index is -0.874. The first-order valence-corrected chi connectivity index (χ1v) is 7.94. The number of carboxylic acid groups (broad SMARTS) is 1. The van der Waals surface area contributed by atoms with E-state index in [1.54, 1.807) is 0 Å². The van der Waals surface area contributed by atoms with Gasteiger partial charge in [-0.05, 0) is 67.8 Å². The van der Waals surface area contributed by atoms with Crippen LogP contribution in [0.15, 0.2) is 30.3 Å². The number of benzene rings is 1. The maximum atomic E-state index is 11.5. The van der Waals surface area contributed by atoms with Crippen molar-refractivity contribution in [2.24, 2.45) is 23.7 Å². The normalized spacial score (nSPS) is 41.8. The SMILES string of the molecule is O=C([O-])CC1(c2ccccc2)C2CC3CC(C2)CC1C3. The van der Waals surface area contributed by atoms with Crippen molar-refractivity contribution in [3.05, 3.63) is 35.9 Å². The largest absolute Gasteiger partial charge is 0.550 e. The lowest BCUT2D eigenvalue weighted by Crippen LogP contribution is -2.57. The average molecular weight is 269 g/mol. The first kappa shape index (κ1) is 12.4. The van der Waals surface area contributed by atoms with Gasteiger partial charge in [0.2, 0.25) is 0 Å². The summed E-state index contributed by atoms with van der Waals surface area (Å²) in [6.45, 7) is 0. The van der Waals surface area contributed by atoms with Gasteiger partial charge in [-0.25, -0.2) is 0 Å². The van der Waals surface area contributed by atoms with Crippen LogP contribution >= 0.6 is 0 Å². The molecule has 4 bridgehead atoms. The molecule has 0 heterocycles. The second-order valence-corrected chi connectivity index (χ2v) is 7.26. The number of carboxylic acids is 1. The van der Waals surface area contributed by atoms with Gasteiger partial charge in [0.25, 0.3) is 0 Å². The second-order valence-electron chi connectivity index (χ2n) is 7.26. The summed E-state index contributed by atoms with van der Waals surface area (Å²) in [6.07, 6.45) is 6.53. The van der Waals surface area contributed by atoms with Crippen molar-refractivity contribution in [3.63, 3.8) is 0 Å². The predicted molar refractivity (Wildman–Crippen MR) is 74.8 cm³/mol. The van der Waals surface area contributed by atoms with E-state index in [0.717, 1.165) is 11.8 Å². The molecule has 0 amide bonds. The maximum Gasteiger partial charge on any atom is 0.0423 e. The molecule has 0 unspecified atom stereocenters. The summed E-state index contributed by atoms with van der Waals surface area (Å²) in [5.74, 6) is 1.95. The van der Waals surface area contributed by atoms with Gasteiger partial charge in [-0.1, -0.05) is 30.3 Å². The fourth-order valence-corrected chi connectivity index (χ4v) is 5.87. The highest BCUT2D eigenvalue weighted by atomic mass is 16.4. The average Bonchev–Trinajstić information content (AvgIpc) is 2.43. The Kier molecular flexibility index (Phi) is 2.70. The van der Waals surface area contributed by atoms with Crippen LogP contribution in [0, 0.1) is 23.7 Å². The van der Waals surface area contributed by atoms with Gasteiger partial charge >= 0.3 is 0 Å². The van der Waals surface area contributed by atoms with E-state index in [4.69, 9.17) is 0 Å². The topological polar surface area (TPSA) is 40.1 Å². The summed E-state index contributed by atoms with van der Waals surface area (Å²) in [5.41, 5.74) is 1.10. The molecule has 0 saturated heterocycles. The molecule has 1 aromatic rings. The third-order valence-corrected chi connectivity index (χ3v) is 6.34. The van der Waals surface area contributed by atoms with Crippen molar-refractivity contribution in [1.29, 1.82) is 0 Å². The van der Waals surface area contributed by atoms with Gasteiger partial charge in [0.1, 0.15) is 0 Å². The summed E-state index contributed by atoms with van der Waals surface area (Å²) in [4.78, 5) is 11.5. The van der Waals surface area contributed by atoms with Gasteiger partial charge in [0.05, 0.1) is 0 Å². The molecule has 4 aliphatic carbocycles. The Hall–Kier alpha value is -1.31. The molecular weight excluding hydrogens is 248 g/mol. The molecule has 1 aromatic carbocycles. The van der Waals surface area contributed by atoms with Crippen LogP contribution in [-0.4, -0.2) is 5.97 Å². The van der Waals surface area contributed by atoms with E-state index in [0.29, 0.717) is 11.8 Å². The summed E-state index contributed by atoms with van der Waals surface area (Å²) in [6, 6.07) is 10.4. The van der Waals surface area contributed by atoms with Crippen molar-refractivity contribution in [2.45, 2.75) is 43.9 Å². The zero-order valence-electron chi connectivity index (χ0n) is 11.8. The number of hydrogen-bond acceptors (Lipinski definition) is 2. The Balaban J connectivity index is 1.81. The number of hydrogen-bond donors (Lipinski definition) is 0. The second kappa shape index (κ2) is 4.34. The molecule has 4 aliphatic rings. The van der Waals surface area contributed by atoms with Crippen molar-refractivity contribution in [2.75, 3.05) is 0 Å². The predicted octanol–water partition coefficient (Wildman–Crippen LogP) is 2.52. The van der Waals surface area contributed by atoms with Gasteiger partial charge in [-0.15, -0.1) is 0 Å². The summed E-state index contributed by atoms with van der Waals surface area (Å²) in [5, 5.41) is 11.5. The quantitative estimate of drug-likeness (QED) is 0.846. The van der Waals surface area contributed by atoms with Crippen LogP contribution in [0.1, 0.15) is 44.1 Å². The van der Waals surface area contributed by atoms with Crippen molar-refractivity contribution in [1.82, 2.24) is 0 Å². The Morgan fingerprint density at radius 1 is 1.00 bits per heavy atom. The van der Waals surface area contributed by atoms with Gasteiger partial charge < -0.3 is 9.90 Å². The van der Waals surface area contributed by atoms with Crippen molar-refractivity contribution < 1.29 is 9.90 Å². The highest BCUT2D eigenvalue weighted by molar-refractivity contribution is 5.67. The van der Waals surface area contributed by atoms with Crippen LogP contribution in [0.3, 0.4) is 0 Å². The molecule has 0 aromatic heterocycles. The first-order valence-electron chi connectivity index (χ1n) is 7.94. The van der Waals surface area contributed by atoms with E-state index in [1.807, 2.05) is 6.07 Å². The number of rotatable bonds is 3. The highest BCUT2D eigenvalue weighted by Gasteiger charge is 2.57. The summed E-state index contributed by atoms with van der Waals surface area (Å²) >= 11 is 0. The van der Waals surface area contributed by atoms with Gasteiger partial charge in [0, 0.05) is 11.4 Å². The summed E-state index contributed by atoms with van der Waals surface area (Å²) < 4.78 is 0. The molecule has 0 N–H and O–H groups in total. The van der Waals surface area contributed by atoms with E-state index in [9.17, 15) is 9.90 Å². The Morgan fingerprint density at radius 3 is 2.05 bits per heavy atom. The van der Waals surface area contributed by atoms with Crippen LogP contribution in [0.25, 0.3) is 0 Å². The molecule has 0 radical (unpaired) electrons. The lowest BCUT2D eigenvalue weighted by molar-refractivity contribution is -0.309. The van der Waals surface area contributed by atoms with E-state index in [1.165, 1.54) is 37.7 Å². The van der Waals surface area contributed by atoms with Crippen LogP contribution in [-0.2, 0) is 10.2 Å². The molecule has 0 atom stereocenters. The monoisotopic (exact) mass is 269 g/mol. The van der Waals surface area contributed by atoms with Crippen molar-refractivity contribution in [3.8, 4) is 0 Å². The van der Waals surface area contributed by atoms with Crippen LogP contribution in [0.2, 0.25) is 0 Å².